The molecule has 2 rings (SSSR count). The minimum atomic E-state index is -0.135. The molecule has 0 saturated carbocycles. The Balaban J connectivity index is 2.09. The highest BCUT2D eigenvalue weighted by molar-refractivity contribution is 7.11. The van der Waals surface area contributed by atoms with Crippen molar-refractivity contribution < 1.29 is 9.53 Å². The molecule has 19 heavy (non-hydrogen) atoms. The Labute approximate surface area is 115 Å². The number of nitrogens with zero attached hydrogens (tertiary/aromatic N) is 1. The summed E-state index contributed by atoms with van der Waals surface area (Å²) in [7, 11) is 1.59. The van der Waals surface area contributed by atoms with E-state index in [2.05, 4.69) is 10.3 Å². The molecule has 5 nitrogen and oxygen atoms in total. The summed E-state index contributed by atoms with van der Waals surface area (Å²) in [4.78, 5) is 16.7. The minimum Gasteiger partial charge on any atom is -0.496 e. The average Bonchev–Trinajstić information content (AvgIpc) is 2.82. The van der Waals surface area contributed by atoms with E-state index in [1.165, 1.54) is 11.3 Å². The number of methoxy groups -OCH3 is 1. The highest BCUT2D eigenvalue weighted by atomic mass is 32.1. The summed E-state index contributed by atoms with van der Waals surface area (Å²) in [6.45, 7) is 2.18. The molecule has 1 heterocycles. The molecule has 0 aliphatic rings. The van der Waals surface area contributed by atoms with Gasteiger partial charge in [0.25, 0.3) is 5.91 Å². The van der Waals surface area contributed by atoms with Crippen molar-refractivity contribution in [3.63, 3.8) is 0 Å². The van der Waals surface area contributed by atoms with Crippen LogP contribution in [0.2, 0.25) is 0 Å². The first-order chi connectivity index (χ1) is 9.11. The molecule has 0 bridgehead atoms. The highest BCUT2D eigenvalue weighted by Crippen LogP contribution is 2.21. The monoisotopic (exact) mass is 277 g/mol. The number of rotatable bonds is 4. The van der Waals surface area contributed by atoms with Crippen LogP contribution in [0.15, 0.2) is 23.7 Å². The molecule has 0 radical (unpaired) electrons. The highest BCUT2D eigenvalue weighted by Gasteiger charge is 2.12. The van der Waals surface area contributed by atoms with Crippen LogP contribution in [-0.4, -0.2) is 18.0 Å². The first kappa shape index (κ1) is 13.4. The number of amides is 1. The van der Waals surface area contributed by atoms with Crippen LogP contribution in [-0.2, 0) is 6.54 Å². The Bertz CT molecular complexity index is 595. The van der Waals surface area contributed by atoms with E-state index in [9.17, 15) is 4.79 Å². The van der Waals surface area contributed by atoms with E-state index in [0.717, 1.165) is 11.3 Å². The molecule has 0 aliphatic heterocycles. The van der Waals surface area contributed by atoms with Crippen LogP contribution in [0, 0.1) is 6.92 Å². The number of nitrogens with two attached hydrogens (primary N) is 1. The number of carbonyl (C=O) groups excluding carboxylic acids is 1. The van der Waals surface area contributed by atoms with Gasteiger partial charge >= 0.3 is 0 Å². The summed E-state index contributed by atoms with van der Waals surface area (Å²) in [6.07, 6.45) is 0. The standard InChI is InChI=1S/C13H15N3O2S/c1-8-12(19-7-16-8)13(17)15-6-9-5-10(14)3-4-11(9)18-2/h3-5,7H,6,14H2,1-2H3,(H,15,17). The molecule has 100 valence electrons. The van der Waals surface area contributed by atoms with Crippen LogP contribution in [0.5, 0.6) is 5.75 Å². The van der Waals surface area contributed by atoms with Crippen LogP contribution in [0.3, 0.4) is 0 Å². The average molecular weight is 277 g/mol. The Morgan fingerprint density at radius 2 is 2.32 bits per heavy atom. The molecular formula is C13H15N3O2S. The molecule has 0 spiro atoms. The summed E-state index contributed by atoms with van der Waals surface area (Å²) in [6, 6.07) is 5.34. The molecule has 1 amide bonds. The molecule has 0 atom stereocenters. The number of anilines is 1. The predicted molar refractivity (Wildman–Crippen MR) is 75.4 cm³/mol. The largest absolute Gasteiger partial charge is 0.496 e. The Morgan fingerprint density at radius 3 is 2.95 bits per heavy atom. The second-order valence-electron chi connectivity index (χ2n) is 4.02. The number of nitrogens with one attached hydrogen (secondary N) is 1. The molecule has 6 heteroatoms. The third-order valence-electron chi connectivity index (χ3n) is 2.70. The fraction of sp³-hybridized carbons (Fsp3) is 0.231. The Kier molecular flexibility index (Phi) is 4.01. The van der Waals surface area contributed by atoms with E-state index in [-0.39, 0.29) is 5.91 Å². The van der Waals surface area contributed by atoms with E-state index in [0.29, 0.717) is 22.9 Å². The second-order valence-corrected chi connectivity index (χ2v) is 4.88. The smallest absolute Gasteiger partial charge is 0.263 e. The molecule has 1 aromatic carbocycles. The van der Waals surface area contributed by atoms with Gasteiger partial charge in [-0.25, -0.2) is 4.98 Å². The zero-order valence-electron chi connectivity index (χ0n) is 10.8. The van der Waals surface area contributed by atoms with Gasteiger partial charge in [0.2, 0.25) is 0 Å². The fourth-order valence-corrected chi connectivity index (χ4v) is 2.43. The summed E-state index contributed by atoms with van der Waals surface area (Å²) in [5.74, 6) is 0.569. The fourth-order valence-electron chi connectivity index (χ4n) is 1.71. The number of nitrogen functional groups attached to an aromatic ring is 1. The van der Waals surface area contributed by atoms with Gasteiger partial charge in [0.1, 0.15) is 10.6 Å². The summed E-state index contributed by atoms with van der Waals surface area (Å²) < 4.78 is 5.23. The van der Waals surface area contributed by atoms with E-state index in [1.54, 1.807) is 30.8 Å². The van der Waals surface area contributed by atoms with Crippen molar-refractivity contribution in [1.82, 2.24) is 10.3 Å². The SMILES string of the molecule is COc1ccc(N)cc1CNC(=O)c1scnc1C. The van der Waals surface area contributed by atoms with Crippen LogP contribution >= 0.6 is 11.3 Å². The van der Waals surface area contributed by atoms with E-state index >= 15 is 0 Å². The number of carbonyl (C=O) groups is 1. The van der Waals surface area contributed by atoms with Crippen molar-refractivity contribution >= 4 is 22.9 Å². The molecule has 0 aliphatic carbocycles. The first-order valence-electron chi connectivity index (χ1n) is 5.72. The van der Waals surface area contributed by atoms with Gasteiger partial charge in [0.15, 0.2) is 0 Å². The zero-order valence-corrected chi connectivity index (χ0v) is 11.6. The van der Waals surface area contributed by atoms with Crippen molar-refractivity contribution in [1.29, 1.82) is 0 Å². The van der Waals surface area contributed by atoms with Gasteiger partial charge in [0.05, 0.1) is 18.3 Å². The van der Waals surface area contributed by atoms with E-state index in [1.807, 2.05) is 6.92 Å². The van der Waals surface area contributed by atoms with Gasteiger partial charge in [-0.2, -0.15) is 0 Å². The lowest BCUT2D eigenvalue weighted by Gasteiger charge is -2.10. The zero-order chi connectivity index (χ0) is 13.8. The number of benzene rings is 1. The number of hydrogen-bond donors (Lipinski definition) is 2. The number of thiazole rings is 1. The lowest BCUT2D eigenvalue weighted by molar-refractivity contribution is 0.0954. The van der Waals surface area contributed by atoms with Crippen molar-refractivity contribution in [2.45, 2.75) is 13.5 Å². The van der Waals surface area contributed by atoms with Gasteiger partial charge in [0, 0.05) is 17.8 Å². The third-order valence-corrected chi connectivity index (χ3v) is 3.62. The van der Waals surface area contributed by atoms with Gasteiger partial charge < -0.3 is 15.8 Å². The molecule has 0 unspecified atom stereocenters. The molecule has 0 fully saturated rings. The van der Waals surface area contributed by atoms with Gasteiger partial charge in [-0.15, -0.1) is 11.3 Å². The lowest BCUT2D eigenvalue weighted by atomic mass is 10.1. The Morgan fingerprint density at radius 1 is 1.53 bits per heavy atom. The third kappa shape index (κ3) is 3.03. The predicted octanol–water partition coefficient (Wildman–Crippen LogP) is 1.97. The number of ether oxygens (including phenoxy) is 1. The first-order valence-corrected chi connectivity index (χ1v) is 6.60. The molecule has 3 N–H and O–H groups in total. The van der Waals surface area contributed by atoms with Crippen LogP contribution in [0.1, 0.15) is 20.9 Å². The van der Waals surface area contributed by atoms with E-state index in [4.69, 9.17) is 10.5 Å². The minimum absolute atomic E-state index is 0.135. The topological polar surface area (TPSA) is 77.2 Å². The van der Waals surface area contributed by atoms with Crippen LogP contribution < -0.4 is 15.8 Å². The number of hydrogen-bond acceptors (Lipinski definition) is 5. The van der Waals surface area contributed by atoms with Crippen molar-refractivity contribution in [2.75, 3.05) is 12.8 Å². The maximum atomic E-state index is 12.0. The normalized spacial score (nSPS) is 10.2. The van der Waals surface area contributed by atoms with Gasteiger partial charge in [-0.1, -0.05) is 0 Å². The number of aromatic nitrogens is 1. The summed E-state index contributed by atoms with van der Waals surface area (Å²) in [5, 5.41) is 2.84. The van der Waals surface area contributed by atoms with Gasteiger partial charge in [-0.05, 0) is 25.1 Å². The van der Waals surface area contributed by atoms with E-state index < -0.39 is 0 Å². The lowest BCUT2D eigenvalue weighted by Crippen LogP contribution is -2.23. The summed E-state index contributed by atoms with van der Waals surface area (Å²) >= 11 is 1.33. The summed E-state index contributed by atoms with van der Waals surface area (Å²) in [5.41, 5.74) is 9.61. The second kappa shape index (κ2) is 5.71. The van der Waals surface area contributed by atoms with Crippen molar-refractivity contribution in [3.05, 3.63) is 39.8 Å². The quantitative estimate of drug-likeness (QED) is 0.838. The number of aryl methyl sites for hydroxylation is 1. The molecule has 0 saturated heterocycles. The van der Waals surface area contributed by atoms with Gasteiger partial charge in [-0.3, -0.25) is 4.79 Å². The maximum absolute atomic E-state index is 12.0. The molecular weight excluding hydrogens is 262 g/mol. The Hall–Kier alpha value is -2.08. The maximum Gasteiger partial charge on any atom is 0.263 e. The van der Waals surface area contributed by atoms with Crippen LogP contribution in [0.4, 0.5) is 5.69 Å². The van der Waals surface area contributed by atoms with Crippen molar-refractivity contribution in [3.8, 4) is 5.75 Å². The van der Waals surface area contributed by atoms with Crippen molar-refractivity contribution in [2.24, 2.45) is 0 Å². The molecule has 1 aromatic heterocycles. The molecule has 2 aromatic rings. The van der Waals surface area contributed by atoms with Crippen LogP contribution in [0.25, 0.3) is 0 Å².